The molecular formula is C23H29N5O3S. The molecule has 0 radical (unpaired) electrons. The second kappa shape index (κ2) is 10.0. The number of anilines is 1. The number of benzene rings is 1. The number of aromatic nitrogens is 1. The SMILES string of the molecule is CC[C@H](NC(=O)OC(C)(C)C)C(=O)N[C@H]1CCN(c2ccc(-c3nccs3)cc2C#N)C1. The third-order valence-electron chi connectivity index (χ3n) is 5.09. The molecule has 1 aromatic heterocycles. The fourth-order valence-corrected chi connectivity index (χ4v) is 4.24. The van der Waals surface area contributed by atoms with Gasteiger partial charge in [-0.25, -0.2) is 9.78 Å². The number of nitriles is 1. The molecule has 1 aliphatic heterocycles. The molecule has 170 valence electrons. The van der Waals surface area contributed by atoms with Gasteiger partial charge in [0.2, 0.25) is 5.91 Å². The second-order valence-electron chi connectivity index (χ2n) is 8.73. The maximum atomic E-state index is 12.7. The summed E-state index contributed by atoms with van der Waals surface area (Å²) in [5.74, 6) is -0.232. The lowest BCUT2D eigenvalue weighted by Crippen LogP contribution is -2.50. The van der Waals surface area contributed by atoms with Crippen LogP contribution in [0.1, 0.15) is 46.1 Å². The summed E-state index contributed by atoms with van der Waals surface area (Å²) >= 11 is 1.53. The van der Waals surface area contributed by atoms with Gasteiger partial charge in [0, 0.05) is 36.3 Å². The number of nitrogens with one attached hydrogen (secondary N) is 2. The van der Waals surface area contributed by atoms with Gasteiger partial charge in [0.1, 0.15) is 22.7 Å². The number of nitrogens with zero attached hydrogens (tertiary/aromatic N) is 3. The lowest BCUT2D eigenvalue weighted by atomic mass is 10.1. The molecule has 3 rings (SSSR count). The van der Waals surface area contributed by atoms with E-state index < -0.39 is 17.7 Å². The predicted molar refractivity (Wildman–Crippen MR) is 124 cm³/mol. The molecule has 2 N–H and O–H groups in total. The Hall–Kier alpha value is -3.12. The van der Waals surface area contributed by atoms with E-state index in [0.29, 0.717) is 18.5 Å². The molecule has 32 heavy (non-hydrogen) atoms. The summed E-state index contributed by atoms with van der Waals surface area (Å²) < 4.78 is 5.25. The molecule has 1 saturated heterocycles. The summed E-state index contributed by atoms with van der Waals surface area (Å²) in [4.78, 5) is 31.2. The van der Waals surface area contributed by atoms with Gasteiger partial charge in [-0.3, -0.25) is 4.79 Å². The van der Waals surface area contributed by atoms with Gasteiger partial charge < -0.3 is 20.3 Å². The number of carbonyl (C=O) groups excluding carboxylic acids is 2. The van der Waals surface area contributed by atoms with Crippen LogP contribution < -0.4 is 15.5 Å². The first kappa shape index (κ1) is 23.5. The Labute approximate surface area is 192 Å². The first-order valence-electron chi connectivity index (χ1n) is 10.7. The molecule has 0 bridgehead atoms. The van der Waals surface area contributed by atoms with Crippen molar-refractivity contribution in [1.29, 1.82) is 5.26 Å². The van der Waals surface area contributed by atoms with Gasteiger partial charge in [-0.05, 0) is 51.8 Å². The van der Waals surface area contributed by atoms with Gasteiger partial charge in [0.05, 0.1) is 11.3 Å². The monoisotopic (exact) mass is 455 g/mol. The Bertz CT molecular complexity index is 994. The number of rotatable bonds is 6. The summed E-state index contributed by atoms with van der Waals surface area (Å²) in [5, 5.41) is 18.1. The Morgan fingerprint density at radius 3 is 2.81 bits per heavy atom. The van der Waals surface area contributed by atoms with E-state index >= 15 is 0 Å². The third-order valence-corrected chi connectivity index (χ3v) is 5.91. The largest absolute Gasteiger partial charge is 0.444 e. The first-order chi connectivity index (χ1) is 15.2. The van der Waals surface area contributed by atoms with Crippen LogP contribution in [0.3, 0.4) is 0 Å². The number of carbonyl (C=O) groups is 2. The molecule has 0 aliphatic carbocycles. The zero-order chi connectivity index (χ0) is 23.3. The quantitative estimate of drug-likeness (QED) is 0.688. The van der Waals surface area contributed by atoms with Gasteiger partial charge in [-0.1, -0.05) is 6.92 Å². The topological polar surface area (TPSA) is 107 Å². The van der Waals surface area contributed by atoms with Crippen LogP contribution in [0, 0.1) is 11.3 Å². The van der Waals surface area contributed by atoms with Gasteiger partial charge >= 0.3 is 6.09 Å². The van der Waals surface area contributed by atoms with Crippen LogP contribution >= 0.6 is 11.3 Å². The molecule has 2 heterocycles. The molecule has 8 nitrogen and oxygen atoms in total. The summed E-state index contributed by atoms with van der Waals surface area (Å²) in [6, 6.07) is 7.33. The van der Waals surface area contributed by atoms with E-state index in [4.69, 9.17) is 4.74 Å². The smallest absolute Gasteiger partial charge is 0.408 e. The normalized spacial score (nSPS) is 16.8. The van der Waals surface area contributed by atoms with E-state index in [-0.39, 0.29) is 11.9 Å². The van der Waals surface area contributed by atoms with Crippen molar-refractivity contribution in [3.8, 4) is 16.6 Å². The zero-order valence-electron chi connectivity index (χ0n) is 18.8. The van der Waals surface area contributed by atoms with E-state index in [1.54, 1.807) is 27.0 Å². The highest BCUT2D eigenvalue weighted by Crippen LogP contribution is 2.30. The van der Waals surface area contributed by atoms with E-state index in [9.17, 15) is 14.9 Å². The molecule has 0 spiro atoms. The van der Waals surface area contributed by atoms with E-state index in [0.717, 1.165) is 29.2 Å². The van der Waals surface area contributed by atoms with E-state index in [2.05, 4.69) is 26.6 Å². The van der Waals surface area contributed by atoms with E-state index in [1.165, 1.54) is 11.3 Å². The Kier molecular flexibility index (Phi) is 7.36. The molecule has 9 heteroatoms. The Balaban J connectivity index is 1.61. The van der Waals surface area contributed by atoms with Gasteiger partial charge in [-0.2, -0.15) is 5.26 Å². The summed E-state index contributed by atoms with van der Waals surface area (Å²) in [7, 11) is 0. The zero-order valence-corrected chi connectivity index (χ0v) is 19.7. The Morgan fingerprint density at radius 1 is 1.41 bits per heavy atom. The molecule has 1 fully saturated rings. The van der Waals surface area contributed by atoms with Crippen molar-refractivity contribution < 1.29 is 14.3 Å². The molecule has 2 aromatic rings. The first-order valence-corrected chi connectivity index (χ1v) is 11.6. The minimum absolute atomic E-state index is 0.0674. The van der Waals surface area contributed by atoms with Crippen LogP contribution in [0.4, 0.5) is 10.5 Å². The number of hydrogen-bond donors (Lipinski definition) is 2. The second-order valence-corrected chi connectivity index (χ2v) is 9.62. The molecule has 2 amide bonds. The molecule has 1 aliphatic rings. The summed E-state index contributed by atoms with van der Waals surface area (Å²) in [5.41, 5.74) is 1.73. The van der Waals surface area contributed by atoms with Crippen LogP contribution in [-0.4, -0.2) is 47.8 Å². The summed E-state index contributed by atoms with van der Waals surface area (Å²) in [6.07, 6.45) is 2.35. The van der Waals surface area contributed by atoms with Crippen LogP contribution in [0.5, 0.6) is 0 Å². The average Bonchev–Trinajstić information content (AvgIpc) is 3.42. The molecule has 2 atom stereocenters. The third kappa shape index (κ3) is 5.98. The number of amides is 2. The lowest BCUT2D eigenvalue weighted by molar-refractivity contribution is -0.123. The minimum atomic E-state index is -0.661. The van der Waals surface area contributed by atoms with Crippen molar-refractivity contribution >= 4 is 29.0 Å². The Morgan fingerprint density at radius 2 is 2.19 bits per heavy atom. The highest BCUT2D eigenvalue weighted by molar-refractivity contribution is 7.13. The fraction of sp³-hybridized carbons (Fsp3) is 0.478. The molecular weight excluding hydrogens is 426 g/mol. The van der Waals surface area contributed by atoms with Crippen molar-refractivity contribution in [3.05, 3.63) is 35.3 Å². The summed E-state index contributed by atoms with van der Waals surface area (Å²) in [6.45, 7) is 8.50. The molecule has 1 aromatic carbocycles. The minimum Gasteiger partial charge on any atom is -0.444 e. The van der Waals surface area contributed by atoms with Crippen molar-refractivity contribution in [2.24, 2.45) is 0 Å². The number of thiazole rings is 1. The number of ether oxygens (including phenoxy) is 1. The van der Waals surface area contributed by atoms with Crippen LogP contribution in [-0.2, 0) is 9.53 Å². The average molecular weight is 456 g/mol. The van der Waals surface area contributed by atoms with Crippen molar-refractivity contribution in [1.82, 2.24) is 15.6 Å². The standard InChI is InChI=1S/C23H29N5O3S/c1-5-18(27-22(30)31-23(2,3)4)20(29)26-17-8-10-28(14-17)19-7-6-15(12-16(19)13-24)21-25-9-11-32-21/h6-7,9,11-12,17-18H,5,8,10,14H2,1-4H3,(H,26,29)(H,27,30)/t17-,18-/m0/s1. The number of alkyl carbamates (subject to hydrolysis) is 1. The van der Waals surface area contributed by atoms with Crippen LogP contribution in [0.15, 0.2) is 29.8 Å². The van der Waals surface area contributed by atoms with Crippen molar-refractivity contribution in [3.63, 3.8) is 0 Å². The van der Waals surface area contributed by atoms with Crippen molar-refractivity contribution in [2.75, 3.05) is 18.0 Å². The van der Waals surface area contributed by atoms with Crippen molar-refractivity contribution in [2.45, 2.75) is 58.2 Å². The maximum Gasteiger partial charge on any atom is 0.408 e. The number of hydrogen-bond acceptors (Lipinski definition) is 7. The van der Waals surface area contributed by atoms with E-state index in [1.807, 2.05) is 30.5 Å². The van der Waals surface area contributed by atoms with Crippen LogP contribution in [0.25, 0.3) is 10.6 Å². The maximum absolute atomic E-state index is 12.7. The van der Waals surface area contributed by atoms with Gasteiger partial charge in [-0.15, -0.1) is 11.3 Å². The molecule has 0 unspecified atom stereocenters. The lowest BCUT2D eigenvalue weighted by Gasteiger charge is -2.24. The molecule has 0 saturated carbocycles. The highest BCUT2D eigenvalue weighted by Gasteiger charge is 2.29. The van der Waals surface area contributed by atoms with Crippen LogP contribution in [0.2, 0.25) is 0 Å². The predicted octanol–water partition coefficient (Wildman–Crippen LogP) is 3.68. The highest BCUT2D eigenvalue weighted by atomic mass is 32.1. The fourth-order valence-electron chi connectivity index (χ4n) is 3.60. The van der Waals surface area contributed by atoms with Gasteiger partial charge in [0.25, 0.3) is 0 Å². The van der Waals surface area contributed by atoms with Gasteiger partial charge in [0.15, 0.2) is 0 Å².